The Balaban J connectivity index is 2.18. The number of rotatable bonds is 6. The third kappa shape index (κ3) is 3.32. The molecule has 0 saturated heterocycles. The van der Waals surface area contributed by atoms with E-state index in [1.165, 1.54) is 50.5 Å². The Morgan fingerprint density at radius 2 is 1.67 bits per heavy atom. The van der Waals surface area contributed by atoms with E-state index in [1.807, 2.05) is 0 Å². The second-order valence-corrected chi connectivity index (χ2v) is 7.10. The van der Waals surface area contributed by atoms with Crippen LogP contribution in [0.2, 0.25) is 0 Å². The number of nitrogens with two attached hydrogens (primary N) is 1. The first kappa shape index (κ1) is 16.5. The van der Waals surface area contributed by atoms with E-state index >= 15 is 0 Å². The molecular formula is C19H32N2. The largest absolute Gasteiger partial charge is 0.330 e. The normalized spacial score (nSPS) is 29.8. The molecule has 1 aromatic carbocycles. The van der Waals surface area contributed by atoms with Crippen molar-refractivity contribution in [3.05, 3.63) is 35.9 Å². The van der Waals surface area contributed by atoms with Crippen LogP contribution in [-0.2, 0) is 5.54 Å². The SMILES string of the molecule is CCCCC1(CN)CCC(c2ccccc2)(N(C)C)CC1. The molecule has 0 spiro atoms. The van der Waals surface area contributed by atoms with Crippen molar-refractivity contribution < 1.29 is 0 Å². The van der Waals surface area contributed by atoms with Gasteiger partial charge in [-0.05, 0) is 63.7 Å². The van der Waals surface area contributed by atoms with E-state index in [0.717, 1.165) is 6.54 Å². The molecule has 1 aliphatic carbocycles. The fourth-order valence-electron chi connectivity index (χ4n) is 4.04. The van der Waals surface area contributed by atoms with Crippen LogP contribution in [0.15, 0.2) is 30.3 Å². The Bertz CT molecular complexity index is 416. The monoisotopic (exact) mass is 288 g/mol. The number of unbranched alkanes of at least 4 members (excludes halogenated alkanes) is 1. The van der Waals surface area contributed by atoms with E-state index in [1.54, 1.807) is 0 Å². The van der Waals surface area contributed by atoms with Crippen molar-refractivity contribution in [1.82, 2.24) is 4.90 Å². The summed E-state index contributed by atoms with van der Waals surface area (Å²) in [6, 6.07) is 11.0. The third-order valence-corrected chi connectivity index (χ3v) is 5.80. The second-order valence-electron chi connectivity index (χ2n) is 7.10. The summed E-state index contributed by atoms with van der Waals surface area (Å²) in [6.45, 7) is 3.13. The smallest absolute Gasteiger partial charge is 0.0455 e. The summed E-state index contributed by atoms with van der Waals surface area (Å²) in [4.78, 5) is 2.43. The lowest BCUT2D eigenvalue weighted by Gasteiger charge is -2.50. The van der Waals surface area contributed by atoms with Crippen LogP contribution >= 0.6 is 0 Å². The molecule has 2 N–H and O–H groups in total. The number of benzene rings is 1. The molecule has 0 aromatic heterocycles. The minimum atomic E-state index is 0.201. The average Bonchev–Trinajstić information content (AvgIpc) is 2.54. The van der Waals surface area contributed by atoms with E-state index in [9.17, 15) is 0 Å². The zero-order valence-corrected chi connectivity index (χ0v) is 14.1. The van der Waals surface area contributed by atoms with Crippen molar-refractivity contribution in [3.63, 3.8) is 0 Å². The highest BCUT2D eigenvalue weighted by Crippen LogP contribution is 2.49. The van der Waals surface area contributed by atoms with Gasteiger partial charge in [-0.25, -0.2) is 0 Å². The zero-order chi connectivity index (χ0) is 15.3. The maximum Gasteiger partial charge on any atom is 0.0455 e. The molecule has 21 heavy (non-hydrogen) atoms. The van der Waals surface area contributed by atoms with E-state index in [4.69, 9.17) is 5.73 Å². The minimum Gasteiger partial charge on any atom is -0.330 e. The fraction of sp³-hybridized carbons (Fsp3) is 0.684. The Kier molecular flexibility index (Phi) is 5.45. The summed E-state index contributed by atoms with van der Waals surface area (Å²) in [5.74, 6) is 0. The Morgan fingerprint density at radius 1 is 1.05 bits per heavy atom. The molecule has 0 amide bonds. The van der Waals surface area contributed by atoms with Gasteiger partial charge in [-0.2, -0.15) is 0 Å². The molecule has 118 valence electrons. The summed E-state index contributed by atoms with van der Waals surface area (Å²) in [5, 5.41) is 0. The Morgan fingerprint density at radius 3 is 2.14 bits per heavy atom. The van der Waals surface area contributed by atoms with Gasteiger partial charge in [0.15, 0.2) is 0 Å². The van der Waals surface area contributed by atoms with Crippen LogP contribution < -0.4 is 5.73 Å². The molecular weight excluding hydrogens is 256 g/mol. The van der Waals surface area contributed by atoms with Crippen LogP contribution in [-0.4, -0.2) is 25.5 Å². The number of nitrogens with zero attached hydrogens (tertiary/aromatic N) is 1. The third-order valence-electron chi connectivity index (χ3n) is 5.80. The van der Waals surface area contributed by atoms with Crippen molar-refractivity contribution >= 4 is 0 Å². The highest BCUT2D eigenvalue weighted by Gasteiger charge is 2.43. The molecule has 0 heterocycles. The maximum atomic E-state index is 6.17. The summed E-state index contributed by atoms with van der Waals surface area (Å²) in [6.07, 6.45) is 8.87. The molecule has 1 aliphatic rings. The Hall–Kier alpha value is -0.860. The molecule has 0 radical (unpaired) electrons. The van der Waals surface area contributed by atoms with Crippen molar-refractivity contribution in [2.75, 3.05) is 20.6 Å². The maximum absolute atomic E-state index is 6.17. The Labute approximate surface area is 130 Å². The van der Waals surface area contributed by atoms with Gasteiger partial charge in [-0.3, -0.25) is 4.90 Å². The highest BCUT2D eigenvalue weighted by atomic mass is 15.1. The van der Waals surface area contributed by atoms with E-state index in [-0.39, 0.29) is 5.54 Å². The predicted octanol–water partition coefficient (Wildman–Crippen LogP) is 4.15. The van der Waals surface area contributed by atoms with Gasteiger partial charge < -0.3 is 5.73 Å². The first-order valence-electron chi connectivity index (χ1n) is 8.52. The minimum absolute atomic E-state index is 0.201. The van der Waals surface area contributed by atoms with Crippen LogP contribution in [0, 0.1) is 5.41 Å². The summed E-state index contributed by atoms with van der Waals surface area (Å²) in [7, 11) is 4.46. The molecule has 2 nitrogen and oxygen atoms in total. The lowest BCUT2D eigenvalue weighted by atomic mass is 9.63. The van der Waals surface area contributed by atoms with Gasteiger partial charge in [0.2, 0.25) is 0 Å². The zero-order valence-electron chi connectivity index (χ0n) is 14.1. The second kappa shape index (κ2) is 6.93. The molecule has 1 fully saturated rings. The summed E-state index contributed by atoms with van der Waals surface area (Å²) in [5.41, 5.74) is 8.23. The lowest BCUT2D eigenvalue weighted by molar-refractivity contribution is 0.0331. The predicted molar refractivity (Wildman–Crippen MR) is 91.3 cm³/mol. The van der Waals surface area contributed by atoms with E-state index < -0.39 is 0 Å². The van der Waals surface area contributed by atoms with Crippen LogP contribution in [0.3, 0.4) is 0 Å². The molecule has 2 heteroatoms. The van der Waals surface area contributed by atoms with Crippen LogP contribution in [0.5, 0.6) is 0 Å². The van der Waals surface area contributed by atoms with Crippen molar-refractivity contribution in [2.24, 2.45) is 11.1 Å². The highest BCUT2D eigenvalue weighted by molar-refractivity contribution is 5.25. The van der Waals surface area contributed by atoms with Crippen LogP contribution in [0.1, 0.15) is 57.4 Å². The van der Waals surface area contributed by atoms with Gasteiger partial charge in [0.05, 0.1) is 0 Å². The van der Waals surface area contributed by atoms with Crippen molar-refractivity contribution in [1.29, 1.82) is 0 Å². The average molecular weight is 288 g/mol. The number of hydrogen-bond acceptors (Lipinski definition) is 2. The van der Waals surface area contributed by atoms with Gasteiger partial charge in [0.25, 0.3) is 0 Å². The van der Waals surface area contributed by atoms with Crippen LogP contribution in [0.25, 0.3) is 0 Å². The number of hydrogen-bond donors (Lipinski definition) is 1. The van der Waals surface area contributed by atoms with Crippen molar-refractivity contribution in [3.8, 4) is 0 Å². The van der Waals surface area contributed by atoms with Gasteiger partial charge in [-0.1, -0.05) is 50.1 Å². The molecule has 0 bridgehead atoms. The first-order chi connectivity index (χ1) is 10.1. The quantitative estimate of drug-likeness (QED) is 0.852. The van der Waals surface area contributed by atoms with E-state index in [0.29, 0.717) is 5.41 Å². The first-order valence-corrected chi connectivity index (χ1v) is 8.52. The summed E-state index contributed by atoms with van der Waals surface area (Å²) < 4.78 is 0. The van der Waals surface area contributed by atoms with Gasteiger partial charge in [0, 0.05) is 5.54 Å². The van der Waals surface area contributed by atoms with Crippen LogP contribution in [0.4, 0.5) is 0 Å². The van der Waals surface area contributed by atoms with Gasteiger partial charge >= 0.3 is 0 Å². The molecule has 1 saturated carbocycles. The van der Waals surface area contributed by atoms with Gasteiger partial charge in [0.1, 0.15) is 0 Å². The topological polar surface area (TPSA) is 29.3 Å². The lowest BCUT2D eigenvalue weighted by Crippen LogP contribution is -2.48. The van der Waals surface area contributed by atoms with E-state index in [2.05, 4.69) is 56.3 Å². The fourth-order valence-corrected chi connectivity index (χ4v) is 4.04. The molecule has 0 atom stereocenters. The standard InChI is InChI=1S/C19H32N2/c1-4-5-11-18(16-20)12-14-19(15-13-18,21(2)3)17-9-7-6-8-10-17/h6-10H,4-5,11-16,20H2,1-3H3. The molecule has 0 aliphatic heterocycles. The van der Waals surface area contributed by atoms with Gasteiger partial charge in [-0.15, -0.1) is 0 Å². The van der Waals surface area contributed by atoms with Crippen molar-refractivity contribution in [2.45, 2.75) is 57.4 Å². The molecule has 0 unspecified atom stereocenters. The molecule has 1 aromatic rings. The summed E-state index contributed by atoms with van der Waals surface area (Å²) >= 11 is 0. The molecule has 2 rings (SSSR count).